The second-order valence-electron chi connectivity index (χ2n) is 6.39. The van der Waals surface area contributed by atoms with Crippen molar-refractivity contribution in [2.45, 2.75) is 40.8 Å². The summed E-state index contributed by atoms with van der Waals surface area (Å²) in [4.78, 5) is 12.4. The van der Waals surface area contributed by atoms with E-state index < -0.39 is 0 Å². The Morgan fingerprint density at radius 3 is 2.58 bits per heavy atom. The summed E-state index contributed by atoms with van der Waals surface area (Å²) in [5.41, 5.74) is 4.85. The Balaban J connectivity index is 1.61. The first-order valence-corrected chi connectivity index (χ1v) is 8.51. The van der Waals surface area contributed by atoms with E-state index >= 15 is 0 Å². The molecule has 0 unspecified atom stereocenters. The van der Waals surface area contributed by atoms with Gasteiger partial charge in [0.25, 0.3) is 5.91 Å². The SMILES string of the molecule is Cc1ccc(OCc2cc(C(=O)NCc3c(C)n[nH]c3C)oc2C)cc1. The number of hydrogen-bond donors (Lipinski definition) is 2. The van der Waals surface area contributed by atoms with Crippen molar-refractivity contribution < 1.29 is 13.9 Å². The summed E-state index contributed by atoms with van der Waals surface area (Å²) >= 11 is 0. The zero-order valence-electron chi connectivity index (χ0n) is 15.5. The van der Waals surface area contributed by atoms with Gasteiger partial charge in [-0.2, -0.15) is 5.10 Å². The van der Waals surface area contributed by atoms with Crippen molar-refractivity contribution in [3.8, 4) is 5.75 Å². The predicted octanol–water partition coefficient (Wildman–Crippen LogP) is 3.75. The van der Waals surface area contributed by atoms with E-state index in [1.165, 1.54) is 5.56 Å². The Hall–Kier alpha value is -3.02. The highest BCUT2D eigenvalue weighted by Crippen LogP contribution is 2.19. The van der Waals surface area contributed by atoms with Crippen LogP contribution in [0.25, 0.3) is 0 Å². The van der Waals surface area contributed by atoms with E-state index in [0.29, 0.717) is 18.9 Å². The minimum Gasteiger partial charge on any atom is -0.489 e. The number of nitrogens with one attached hydrogen (secondary N) is 2. The fourth-order valence-electron chi connectivity index (χ4n) is 2.66. The molecule has 0 radical (unpaired) electrons. The number of amides is 1. The molecule has 0 spiro atoms. The number of aromatic amines is 1. The largest absolute Gasteiger partial charge is 0.489 e. The Bertz CT molecular complexity index is 888. The molecule has 0 aliphatic carbocycles. The molecule has 2 aromatic heterocycles. The molecule has 1 aromatic carbocycles. The number of benzene rings is 1. The Labute approximate surface area is 152 Å². The van der Waals surface area contributed by atoms with Crippen LogP contribution in [0.5, 0.6) is 5.75 Å². The number of carbonyl (C=O) groups excluding carboxylic acids is 1. The summed E-state index contributed by atoms with van der Waals surface area (Å²) in [6.07, 6.45) is 0. The van der Waals surface area contributed by atoms with E-state index in [1.54, 1.807) is 6.07 Å². The Morgan fingerprint density at radius 1 is 1.19 bits per heavy atom. The molecule has 6 nitrogen and oxygen atoms in total. The summed E-state index contributed by atoms with van der Waals surface area (Å²) in [7, 11) is 0. The lowest BCUT2D eigenvalue weighted by Crippen LogP contribution is -2.22. The Kier molecular flexibility index (Phi) is 5.11. The van der Waals surface area contributed by atoms with Crippen LogP contribution in [-0.2, 0) is 13.2 Å². The number of aryl methyl sites for hydroxylation is 4. The second kappa shape index (κ2) is 7.47. The number of furan rings is 1. The van der Waals surface area contributed by atoms with Crippen molar-refractivity contribution in [3.63, 3.8) is 0 Å². The first-order valence-electron chi connectivity index (χ1n) is 8.51. The van der Waals surface area contributed by atoms with Gasteiger partial charge in [-0.3, -0.25) is 9.89 Å². The molecular weight excluding hydrogens is 330 g/mol. The van der Waals surface area contributed by atoms with Gasteiger partial charge in [0.2, 0.25) is 0 Å². The van der Waals surface area contributed by atoms with Crippen molar-refractivity contribution in [2.24, 2.45) is 0 Å². The molecule has 0 bridgehead atoms. The second-order valence-corrected chi connectivity index (χ2v) is 6.39. The monoisotopic (exact) mass is 353 g/mol. The molecule has 0 saturated carbocycles. The zero-order valence-corrected chi connectivity index (χ0v) is 15.5. The summed E-state index contributed by atoms with van der Waals surface area (Å²) < 4.78 is 11.4. The van der Waals surface area contributed by atoms with Crippen LogP contribution in [0.1, 0.15) is 44.4 Å². The number of aromatic nitrogens is 2. The molecule has 6 heteroatoms. The summed E-state index contributed by atoms with van der Waals surface area (Å²) in [5, 5.41) is 9.91. The van der Waals surface area contributed by atoms with Crippen molar-refractivity contribution in [3.05, 3.63) is 69.9 Å². The third-order valence-electron chi connectivity index (χ3n) is 4.37. The van der Waals surface area contributed by atoms with E-state index in [2.05, 4.69) is 15.5 Å². The molecule has 0 aliphatic rings. The summed E-state index contributed by atoms with van der Waals surface area (Å²) in [5.74, 6) is 1.49. The van der Waals surface area contributed by atoms with Crippen molar-refractivity contribution >= 4 is 5.91 Å². The van der Waals surface area contributed by atoms with Crippen LogP contribution in [0.3, 0.4) is 0 Å². The normalized spacial score (nSPS) is 10.8. The average Bonchev–Trinajstić information content (AvgIpc) is 3.15. The third-order valence-corrected chi connectivity index (χ3v) is 4.37. The van der Waals surface area contributed by atoms with Crippen LogP contribution in [0.4, 0.5) is 0 Å². The maximum absolute atomic E-state index is 12.4. The van der Waals surface area contributed by atoms with Gasteiger partial charge in [0.05, 0.1) is 5.69 Å². The van der Waals surface area contributed by atoms with Gasteiger partial charge >= 0.3 is 0 Å². The molecule has 136 valence electrons. The van der Waals surface area contributed by atoms with Crippen LogP contribution in [0.15, 0.2) is 34.7 Å². The van der Waals surface area contributed by atoms with Gasteiger partial charge in [0, 0.05) is 23.4 Å². The molecule has 2 N–H and O–H groups in total. The highest BCUT2D eigenvalue weighted by Gasteiger charge is 2.16. The molecule has 0 aliphatic heterocycles. The molecule has 0 fully saturated rings. The minimum atomic E-state index is -0.255. The van der Waals surface area contributed by atoms with E-state index in [-0.39, 0.29) is 11.7 Å². The summed E-state index contributed by atoms with van der Waals surface area (Å²) in [6.45, 7) is 8.45. The maximum Gasteiger partial charge on any atom is 0.287 e. The van der Waals surface area contributed by atoms with Crippen LogP contribution >= 0.6 is 0 Å². The zero-order chi connectivity index (χ0) is 18.7. The highest BCUT2D eigenvalue weighted by molar-refractivity contribution is 5.91. The van der Waals surface area contributed by atoms with E-state index in [4.69, 9.17) is 9.15 Å². The van der Waals surface area contributed by atoms with Gasteiger partial charge in [0.1, 0.15) is 18.1 Å². The van der Waals surface area contributed by atoms with Crippen LogP contribution in [0.2, 0.25) is 0 Å². The standard InChI is InChI=1S/C20H23N3O3/c1-12-5-7-17(8-6-12)25-11-16-9-19(26-15(16)4)20(24)21-10-18-13(2)22-23-14(18)3/h5-9H,10-11H2,1-4H3,(H,21,24)(H,22,23). The lowest BCUT2D eigenvalue weighted by Gasteiger charge is -2.05. The van der Waals surface area contributed by atoms with E-state index in [1.807, 2.05) is 52.0 Å². The molecule has 0 atom stereocenters. The minimum absolute atomic E-state index is 0.255. The van der Waals surface area contributed by atoms with Gasteiger partial charge in [-0.15, -0.1) is 0 Å². The number of ether oxygens (including phenoxy) is 1. The van der Waals surface area contributed by atoms with Crippen molar-refractivity contribution in [2.75, 3.05) is 0 Å². The molecule has 2 heterocycles. The fraction of sp³-hybridized carbons (Fsp3) is 0.300. The smallest absolute Gasteiger partial charge is 0.287 e. The van der Waals surface area contributed by atoms with Gasteiger partial charge in [-0.05, 0) is 45.9 Å². The number of rotatable bonds is 6. The van der Waals surface area contributed by atoms with E-state index in [9.17, 15) is 4.79 Å². The lowest BCUT2D eigenvalue weighted by atomic mass is 10.2. The Morgan fingerprint density at radius 2 is 1.92 bits per heavy atom. The molecule has 1 amide bonds. The molecule has 0 saturated heterocycles. The molecule has 3 aromatic rings. The van der Waals surface area contributed by atoms with Crippen molar-refractivity contribution in [1.82, 2.24) is 15.5 Å². The lowest BCUT2D eigenvalue weighted by molar-refractivity contribution is 0.0922. The first-order chi connectivity index (χ1) is 12.4. The van der Waals surface area contributed by atoms with Crippen LogP contribution in [0, 0.1) is 27.7 Å². The van der Waals surface area contributed by atoms with Gasteiger partial charge in [-0.25, -0.2) is 0 Å². The third kappa shape index (κ3) is 3.96. The number of nitrogens with zero attached hydrogens (tertiary/aromatic N) is 1. The average molecular weight is 353 g/mol. The van der Waals surface area contributed by atoms with Gasteiger partial charge in [-0.1, -0.05) is 17.7 Å². The first kappa shape index (κ1) is 17.8. The quantitative estimate of drug-likeness (QED) is 0.707. The highest BCUT2D eigenvalue weighted by atomic mass is 16.5. The van der Waals surface area contributed by atoms with Crippen LogP contribution < -0.4 is 10.1 Å². The molecular formula is C20H23N3O3. The number of carbonyl (C=O) groups is 1. The summed E-state index contributed by atoms with van der Waals surface area (Å²) in [6, 6.07) is 9.57. The fourth-order valence-corrected chi connectivity index (χ4v) is 2.66. The van der Waals surface area contributed by atoms with Crippen LogP contribution in [-0.4, -0.2) is 16.1 Å². The van der Waals surface area contributed by atoms with E-state index in [0.717, 1.165) is 28.3 Å². The number of hydrogen-bond acceptors (Lipinski definition) is 4. The maximum atomic E-state index is 12.4. The molecule has 26 heavy (non-hydrogen) atoms. The van der Waals surface area contributed by atoms with Crippen molar-refractivity contribution in [1.29, 1.82) is 0 Å². The molecule has 3 rings (SSSR count). The number of H-pyrrole nitrogens is 1. The topological polar surface area (TPSA) is 80.1 Å². The van der Waals surface area contributed by atoms with Gasteiger partial charge in [0.15, 0.2) is 5.76 Å². The van der Waals surface area contributed by atoms with Gasteiger partial charge < -0.3 is 14.5 Å². The predicted molar refractivity (Wildman–Crippen MR) is 98.2 cm³/mol.